The van der Waals surface area contributed by atoms with Crippen LogP contribution in [0.1, 0.15) is 18.0 Å². The second-order valence-electron chi connectivity index (χ2n) is 2.90. The van der Waals surface area contributed by atoms with Crippen molar-refractivity contribution >= 4 is 0 Å². The molecule has 14 heavy (non-hydrogen) atoms. The van der Waals surface area contributed by atoms with Crippen molar-refractivity contribution in [3.8, 4) is 0 Å². The molecule has 1 aromatic carbocycles. The highest BCUT2D eigenvalue weighted by atomic mass is 19.3. The van der Waals surface area contributed by atoms with E-state index in [0.717, 1.165) is 18.2 Å². The summed E-state index contributed by atoms with van der Waals surface area (Å²) in [5, 5.41) is 0. The van der Waals surface area contributed by atoms with E-state index in [1.807, 2.05) is 0 Å². The lowest BCUT2D eigenvalue weighted by Crippen LogP contribution is -2.15. The summed E-state index contributed by atoms with van der Waals surface area (Å²) in [6.07, 6.45) is -3.31. The highest BCUT2D eigenvalue weighted by Crippen LogP contribution is 2.21. The fraction of sp³-hybridized carbons (Fsp3) is 0.333. The Morgan fingerprint density at radius 3 is 2.43 bits per heavy atom. The van der Waals surface area contributed by atoms with E-state index in [4.69, 9.17) is 5.73 Å². The van der Waals surface area contributed by atoms with Crippen LogP contribution in [0.5, 0.6) is 0 Å². The summed E-state index contributed by atoms with van der Waals surface area (Å²) in [5.41, 5.74) is 5.06. The molecule has 0 spiro atoms. The number of rotatable bonds is 3. The molecule has 0 aliphatic carbocycles. The van der Waals surface area contributed by atoms with Gasteiger partial charge in [0.05, 0.1) is 0 Å². The van der Waals surface area contributed by atoms with E-state index in [0.29, 0.717) is 0 Å². The maximum atomic E-state index is 13.0. The number of benzene rings is 1. The minimum Gasteiger partial charge on any atom is -0.324 e. The van der Waals surface area contributed by atoms with Gasteiger partial charge in [0.25, 0.3) is 0 Å². The second-order valence-corrected chi connectivity index (χ2v) is 2.90. The van der Waals surface area contributed by atoms with Gasteiger partial charge >= 0.3 is 0 Å². The van der Waals surface area contributed by atoms with Gasteiger partial charge in [-0.05, 0) is 18.2 Å². The van der Waals surface area contributed by atoms with Crippen LogP contribution in [-0.4, -0.2) is 6.43 Å². The van der Waals surface area contributed by atoms with Crippen molar-refractivity contribution in [1.82, 2.24) is 0 Å². The maximum absolute atomic E-state index is 13.0. The topological polar surface area (TPSA) is 26.0 Å². The Morgan fingerprint density at radius 1 is 1.21 bits per heavy atom. The number of halogens is 4. The summed E-state index contributed by atoms with van der Waals surface area (Å²) >= 11 is 0. The van der Waals surface area contributed by atoms with E-state index in [1.54, 1.807) is 0 Å². The van der Waals surface area contributed by atoms with Gasteiger partial charge in [0.1, 0.15) is 11.6 Å². The van der Waals surface area contributed by atoms with Gasteiger partial charge in [0.2, 0.25) is 6.43 Å². The first kappa shape index (κ1) is 11.0. The van der Waals surface area contributed by atoms with Crippen molar-refractivity contribution in [2.24, 2.45) is 5.73 Å². The molecule has 0 bridgehead atoms. The van der Waals surface area contributed by atoms with E-state index in [1.165, 1.54) is 0 Å². The molecule has 1 nitrogen and oxygen atoms in total. The molecule has 0 heterocycles. The minimum atomic E-state index is -2.63. The molecular weight excluding hydrogens is 198 g/mol. The SMILES string of the molecule is N[C@H](CC(F)F)c1cc(F)ccc1F. The van der Waals surface area contributed by atoms with Crippen molar-refractivity contribution in [2.75, 3.05) is 0 Å². The first-order valence-corrected chi connectivity index (χ1v) is 3.99. The van der Waals surface area contributed by atoms with Gasteiger partial charge in [-0.3, -0.25) is 0 Å². The van der Waals surface area contributed by atoms with Crippen molar-refractivity contribution in [1.29, 1.82) is 0 Å². The average molecular weight is 207 g/mol. The minimum absolute atomic E-state index is 0.217. The Morgan fingerprint density at radius 2 is 1.86 bits per heavy atom. The lowest BCUT2D eigenvalue weighted by Gasteiger charge is -2.12. The highest BCUT2D eigenvalue weighted by Gasteiger charge is 2.16. The fourth-order valence-corrected chi connectivity index (χ4v) is 1.12. The Hall–Kier alpha value is -1.10. The predicted octanol–water partition coefficient (Wildman–Crippen LogP) is 2.62. The third kappa shape index (κ3) is 2.70. The largest absolute Gasteiger partial charge is 0.324 e. The molecule has 0 radical (unpaired) electrons. The fourth-order valence-electron chi connectivity index (χ4n) is 1.12. The second kappa shape index (κ2) is 4.41. The van der Waals surface area contributed by atoms with Gasteiger partial charge in [-0.25, -0.2) is 17.6 Å². The van der Waals surface area contributed by atoms with E-state index >= 15 is 0 Å². The van der Waals surface area contributed by atoms with Crippen LogP contribution in [0.4, 0.5) is 17.6 Å². The van der Waals surface area contributed by atoms with Crippen molar-refractivity contribution in [3.05, 3.63) is 35.4 Å². The van der Waals surface area contributed by atoms with Crippen LogP contribution in [0, 0.1) is 11.6 Å². The third-order valence-electron chi connectivity index (χ3n) is 1.79. The molecule has 5 heteroatoms. The summed E-state index contributed by atoms with van der Waals surface area (Å²) < 4.78 is 49.4. The molecule has 0 saturated carbocycles. The standard InChI is InChI=1S/C9H9F4N/c10-5-1-2-7(11)6(3-5)8(14)4-9(12)13/h1-3,8-9H,4,14H2/t8-/m1/s1. The zero-order chi connectivity index (χ0) is 10.7. The molecule has 1 aromatic rings. The molecule has 0 aromatic heterocycles. The first-order valence-electron chi connectivity index (χ1n) is 3.99. The Balaban J connectivity index is 2.88. The molecule has 0 saturated heterocycles. The van der Waals surface area contributed by atoms with Crippen molar-refractivity contribution in [3.63, 3.8) is 0 Å². The van der Waals surface area contributed by atoms with Crippen molar-refractivity contribution < 1.29 is 17.6 Å². The van der Waals surface area contributed by atoms with Gasteiger partial charge in [-0.1, -0.05) is 0 Å². The molecule has 0 fully saturated rings. The number of alkyl halides is 2. The summed E-state index contributed by atoms with van der Waals surface area (Å²) in [7, 11) is 0. The summed E-state index contributed by atoms with van der Waals surface area (Å²) in [4.78, 5) is 0. The Labute approximate surface area is 78.5 Å². The third-order valence-corrected chi connectivity index (χ3v) is 1.79. The van der Waals surface area contributed by atoms with E-state index in [2.05, 4.69) is 0 Å². The molecule has 0 unspecified atom stereocenters. The van der Waals surface area contributed by atoms with Crippen molar-refractivity contribution in [2.45, 2.75) is 18.9 Å². The molecule has 0 amide bonds. The van der Waals surface area contributed by atoms with Crippen LogP contribution in [-0.2, 0) is 0 Å². The van der Waals surface area contributed by atoms with Gasteiger partial charge in [-0.2, -0.15) is 0 Å². The smallest absolute Gasteiger partial charge is 0.240 e. The van der Waals surface area contributed by atoms with E-state index < -0.39 is 30.5 Å². The van der Waals surface area contributed by atoms with Gasteiger partial charge < -0.3 is 5.73 Å². The van der Waals surface area contributed by atoms with E-state index in [9.17, 15) is 17.6 Å². The van der Waals surface area contributed by atoms with E-state index in [-0.39, 0.29) is 5.56 Å². The number of hydrogen-bond donors (Lipinski definition) is 1. The first-order chi connectivity index (χ1) is 6.50. The predicted molar refractivity (Wildman–Crippen MR) is 43.9 cm³/mol. The zero-order valence-corrected chi connectivity index (χ0v) is 7.18. The maximum Gasteiger partial charge on any atom is 0.240 e. The molecule has 78 valence electrons. The van der Waals surface area contributed by atoms with Gasteiger partial charge in [0, 0.05) is 18.0 Å². The molecular formula is C9H9F4N. The highest BCUT2D eigenvalue weighted by molar-refractivity contribution is 5.21. The molecule has 0 aliphatic rings. The summed E-state index contributed by atoms with van der Waals surface area (Å²) in [6, 6.07) is 1.44. The van der Waals surface area contributed by atoms with Gasteiger partial charge in [-0.15, -0.1) is 0 Å². The summed E-state index contributed by atoms with van der Waals surface area (Å²) in [6.45, 7) is 0. The van der Waals surface area contributed by atoms with Gasteiger partial charge in [0.15, 0.2) is 0 Å². The number of nitrogens with two attached hydrogens (primary N) is 1. The molecule has 2 N–H and O–H groups in total. The van der Waals surface area contributed by atoms with Crippen LogP contribution in [0.3, 0.4) is 0 Å². The number of hydrogen-bond acceptors (Lipinski definition) is 1. The van der Waals surface area contributed by atoms with Crippen LogP contribution in [0.2, 0.25) is 0 Å². The summed E-state index contributed by atoms with van der Waals surface area (Å²) in [5.74, 6) is -1.45. The average Bonchev–Trinajstić information content (AvgIpc) is 2.08. The molecule has 1 rings (SSSR count). The Kier molecular flexibility index (Phi) is 3.46. The lowest BCUT2D eigenvalue weighted by molar-refractivity contribution is 0.128. The van der Waals surface area contributed by atoms with Crippen LogP contribution < -0.4 is 5.73 Å². The van der Waals surface area contributed by atoms with Crippen LogP contribution in [0.25, 0.3) is 0 Å². The lowest BCUT2D eigenvalue weighted by atomic mass is 10.0. The van der Waals surface area contributed by atoms with Crippen LogP contribution in [0.15, 0.2) is 18.2 Å². The zero-order valence-electron chi connectivity index (χ0n) is 7.18. The normalized spacial score (nSPS) is 13.3. The quantitative estimate of drug-likeness (QED) is 0.757. The van der Waals surface area contributed by atoms with Crippen LogP contribution >= 0.6 is 0 Å². The monoisotopic (exact) mass is 207 g/mol. The molecule has 0 aliphatic heterocycles. The Bertz CT molecular complexity index is 314. The molecule has 1 atom stereocenters.